The summed E-state index contributed by atoms with van der Waals surface area (Å²) in [6.45, 7) is 3.71. The number of hydrogen-bond donors (Lipinski definition) is 0. The molecule has 0 radical (unpaired) electrons. The number of piperazine rings is 1. The van der Waals surface area contributed by atoms with Gasteiger partial charge in [0.25, 0.3) is 11.5 Å². The quantitative estimate of drug-likeness (QED) is 0.310. The maximum atomic E-state index is 13.5. The van der Waals surface area contributed by atoms with Crippen LogP contribution < -0.4 is 10.5 Å². The van der Waals surface area contributed by atoms with Crippen LogP contribution >= 0.6 is 33.9 Å². The van der Waals surface area contributed by atoms with Gasteiger partial charge in [0.15, 0.2) is 0 Å². The molecule has 0 atom stereocenters. The molecule has 34 heavy (non-hydrogen) atoms. The fourth-order valence-corrected chi connectivity index (χ4v) is 5.62. The first-order valence-corrected chi connectivity index (χ1v) is 13.7. The van der Waals surface area contributed by atoms with Crippen LogP contribution in [-0.2, 0) is 11.0 Å². The zero-order valence-electron chi connectivity index (χ0n) is 19.5. The minimum absolute atomic E-state index is 0.0449. The van der Waals surface area contributed by atoms with Gasteiger partial charge in [0.05, 0.1) is 16.1 Å². The number of aryl methyl sites for hydroxylation is 1. The highest BCUT2D eigenvalue weighted by molar-refractivity contribution is 14.1. The Morgan fingerprint density at radius 1 is 1.21 bits per heavy atom. The van der Waals surface area contributed by atoms with Crippen LogP contribution in [0.5, 0.6) is 0 Å². The van der Waals surface area contributed by atoms with Gasteiger partial charge in [-0.05, 0) is 56.2 Å². The van der Waals surface area contributed by atoms with Crippen LogP contribution in [0.25, 0.3) is 10.9 Å². The number of carbonyl (C=O) groups excluding carboxylic acids is 1. The van der Waals surface area contributed by atoms with Crippen molar-refractivity contribution in [1.29, 1.82) is 5.26 Å². The molecule has 2 aromatic heterocycles. The molecule has 178 valence electrons. The van der Waals surface area contributed by atoms with Crippen molar-refractivity contribution in [3.05, 3.63) is 62.1 Å². The van der Waals surface area contributed by atoms with Crippen LogP contribution in [0.4, 0.5) is 5.69 Å². The molecule has 0 N–H and O–H groups in total. The lowest BCUT2D eigenvalue weighted by Gasteiger charge is -2.37. The molecule has 3 heterocycles. The zero-order chi connectivity index (χ0) is 24.2. The summed E-state index contributed by atoms with van der Waals surface area (Å²) in [5.41, 5.74) is 2.69. The van der Waals surface area contributed by atoms with E-state index >= 15 is 0 Å². The largest absolute Gasteiger partial charge is 0.366 e. The normalized spacial score (nSPS) is 14.1. The third-order valence-corrected chi connectivity index (χ3v) is 7.91. The van der Waals surface area contributed by atoms with Crippen molar-refractivity contribution in [2.45, 2.75) is 17.4 Å². The van der Waals surface area contributed by atoms with Crippen molar-refractivity contribution in [3.63, 3.8) is 0 Å². The molecular weight excluding hydrogens is 561 g/mol. The number of anilines is 1. The summed E-state index contributed by atoms with van der Waals surface area (Å²) in [7, 11) is 4.03. The van der Waals surface area contributed by atoms with Crippen LogP contribution in [0.15, 0.2) is 40.5 Å². The van der Waals surface area contributed by atoms with Crippen molar-refractivity contribution in [1.82, 2.24) is 14.4 Å². The van der Waals surface area contributed by atoms with Crippen LogP contribution in [0.2, 0.25) is 0 Å². The summed E-state index contributed by atoms with van der Waals surface area (Å²) in [6.07, 6.45) is 0.823. The van der Waals surface area contributed by atoms with E-state index in [0.717, 1.165) is 38.7 Å². The van der Waals surface area contributed by atoms with Gasteiger partial charge in [0, 0.05) is 42.5 Å². The van der Waals surface area contributed by atoms with Gasteiger partial charge in [-0.3, -0.25) is 9.59 Å². The first kappa shape index (κ1) is 24.7. The molecule has 1 fully saturated rings. The van der Waals surface area contributed by atoms with Gasteiger partial charge < -0.3 is 19.3 Å². The van der Waals surface area contributed by atoms with E-state index in [9.17, 15) is 14.9 Å². The van der Waals surface area contributed by atoms with Gasteiger partial charge in [-0.15, -0.1) is 11.3 Å². The highest BCUT2D eigenvalue weighted by Gasteiger charge is 2.27. The van der Waals surface area contributed by atoms with E-state index in [1.54, 1.807) is 4.57 Å². The van der Waals surface area contributed by atoms with Crippen molar-refractivity contribution in [2.75, 3.05) is 51.7 Å². The van der Waals surface area contributed by atoms with Gasteiger partial charge >= 0.3 is 0 Å². The summed E-state index contributed by atoms with van der Waals surface area (Å²) in [6, 6.07) is 12.1. The van der Waals surface area contributed by atoms with Crippen LogP contribution in [0.3, 0.4) is 0 Å². The number of aromatic nitrogens is 1. The predicted octanol–water partition coefficient (Wildman–Crippen LogP) is 3.78. The number of fused-ring (bicyclic) bond motifs is 1. The number of carbonyl (C=O) groups is 1. The van der Waals surface area contributed by atoms with Gasteiger partial charge in [-0.25, -0.2) is 0 Å². The Balaban J connectivity index is 1.71. The van der Waals surface area contributed by atoms with E-state index in [0.29, 0.717) is 38.4 Å². The number of nitriles is 1. The van der Waals surface area contributed by atoms with Crippen LogP contribution in [0.1, 0.15) is 27.2 Å². The van der Waals surface area contributed by atoms with Crippen LogP contribution in [0, 0.1) is 11.3 Å². The second-order valence-corrected chi connectivity index (χ2v) is 10.4. The summed E-state index contributed by atoms with van der Waals surface area (Å²) in [4.78, 5) is 33.1. The van der Waals surface area contributed by atoms with Gasteiger partial charge in [0.2, 0.25) is 0 Å². The number of thiophene rings is 1. The van der Waals surface area contributed by atoms with E-state index in [1.165, 1.54) is 11.3 Å². The first-order chi connectivity index (χ1) is 16.4. The molecule has 4 rings (SSSR count). The molecule has 7 nitrogen and oxygen atoms in total. The maximum absolute atomic E-state index is 13.5. The lowest BCUT2D eigenvalue weighted by molar-refractivity contribution is 0.0751. The lowest BCUT2D eigenvalue weighted by atomic mass is 10.0. The third-order valence-electron chi connectivity index (χ3n) is 6.17. The average Bonchev–Trinajstić information content (AvgIpc) is 3.39. The molecule has 0 bridgehead atoms. The molecule has 0 saturated carbocycles. The number of rotatable bonds is 7. The summed E-state index contributed by atoms with van der Waals surface area (Å²) >= 11 is 3.78. The van der Waals surface area contributed by atoms with E-state index < -0.39 is 0 Å². The Morgan fingerprint density at radius 3 is 2.59 bits per heavy atom. The molecule has 1 amide bonds. The molecule has 9 heteroatoms. The molecule has 0 spiro atoms. The highest BCUT2D eigenvalue weighted by atomic mass is 127. The number of alkyl halides is 1. The van der Waals surface area contributed by atoms with E-state index in [-0.39, 0.29) is 17.0 Å². The van der Waals surface area contributed by atoms with Crippen molar-refractivity contribution in [2.24, 2.45) is 0 Å². The standard InChI is InChI=1S/C25H28IN5O2S/c1-28(2)8-4-9-31-21-7-6-18(16-26)15-19(21)23(20(17-27)24(31)32)29-10-12-30(13-11-29)25(33)22-5-3-14-34-22/h3,5-7,14-15H,4,8-13,16H2,1-2H3. The highest BCUT2D eigenvalue weighted by Crippen LogP contribution is 2.31. The van der Waals surface area contributed by atoms with Gasteiger partial charge in [-0.2, -0.15) is 5.26 Å². The number of nitrogens with zero attached hydrogens (tertiary/aromatic N) is 5. The Kier molecular flexibility index (Phi) is 7.91. The van der Waals surface area contributed by atoms with E-state index in [4.69, 9.17) is 0 Å². The van der Waals surface area contributed by atoms with E-state index in [1.807, 2.05) is 42.6 Å². The number of hydrogen-bond acceptors (Lipinski definition) is 6. The van der Waals surface area contributed by atoms with Crippen molar-refractivity contribution in [3.8, 4) is 6.07 Å². The van der Waals surface area contributed by atoms with Crippen LogP contribution in [-0.4, -0.2) is 67.1 Å². The SMILES string of the molecule is CN(C)CCCn1c(=O)c(C#N)c(N2CCN(C(=O)c3cccs3)CC2)c2cc(CI)ccc21. The number of benzene rings is 1. The topological polar surface area (TPSA) is 72.6 Å². The number of amides is 1. The average molecular weight is 590 g/mol. The molecule has 1 aliphatic heterocycles. The maximum Gasteiger partial charge on any atom is 0.271 e. The van der Waals surface area contributed by atoms with E-state index in [2.05, 4.69) is 50.6 Å². The summed E-state index contributed by atoms with van der Waals surface area (Å²) in [5.74, 6) is 0.0449. The second kappa shape index (κ2) is 10.9. The van der Waals surface area contributed by atoms with Gasteiger partial charge in [-0.1, -0.05) is 34.7 Å². The monoisotopic (exact) mass is 589 g/mol. The zero-order valence-corrected chi connectivity index (χ0v) is 22.4. The summed E-state index contributed by atoms with van der Waals surface area (Å²) in [5, 5.41) is 12.9. The molecule has 1 aliphatic rings. The molecule has 0 unspecified atom stereocenters. The first-order valence-electron chi connectivity index (χ1n) is 11.3. The Labute approximate surface area is 217 Å². The van der Waals surface area contributed by atoms with Gasteiger partial charge in [0.1, 0.15) is 11.6 Å². The minimum atomic E-state index is -0.233. The Morgan fingerprint density at radius 2 is 1.97 bits per heavy atom. The lowest BCUT2D eigenvalue weighted by Crippen LogP contribution is -2.49. The second-order valence-electron chi connectivity index (χ2n) is 8.69. The molecule has 1 aromatic carbocycles. The number of halogens is 1. The Bertz CT molecular complexity index is 1270. The summed E-state index contributed by atoms with van der Waals surface area (Å²) < 4.78 is 2.60. The molecular formula is C25H28IN5O2S. The van der Waals surface area contributed by atoms with Crippen molar-refractivity contribution >= 4 is 56.4 Å². The fourth-order valence-electron chi connectivity index (χ4n) is 4.46. The smallest absolute Gasteiger partial charge is 0.271 e. The van der Waals surface area contributed by atoms with Crippen molar-refractivity contribution < 1.29 is 4.79 Å². The fraction of sp³-hybridized carbons (Fsp3) is 0.400. The minimum Gasteiger partial charge on any atom is -0.366 e. The number of pyridine rings is 1. The third kappa shape index (κ3) is 4.99. The molecule has 1 saturated heterocycles. The Hall–Kier alpha value is -2.42. The molecule has 0 aliphatic carbocycles. The molecule has 3 aromatic rings. The predicted molar refractivity (Wildman–Crippen MR) is 146 cm³/mol.